The average molecular weight is 179 g/mol. The fraction of sp³-hybridized carbons (Fsp3) is 0.727. The number of hydrogen-bond acceptors (Lipinski definition) is 2. The Balaban J connectivity index is 2.26. The average Bonchev–Trinajstić information content (AvgIpc) is 2.02. The van der Waals surface area contributed by atoms with E-state index >= 15 is 0 Å². The number of likely N-dealkylation sites (N-methyl/N-ethyl adjacent to an activating group) is 1. The van der Waals surface area contributed by atoms with Crippen molar-refractivity contribution in [2.45, 2.75) is 44.7 Å². The van der Waals surface area contributed by atoms with Crippen LogP contribution in [-0.2, 0) is 4.79 Å². The van der Waals surface area contributed by atoms with Crippen molar-refractivity contribution < 1.29 is 4.79 Å². The molecule has 2 bridgehead atoms. The van der Waals surface area contributed by atoms with E-state index in [1.807, 2.05) is 0 Å². The van der Waals surface area contributed by atoms with E-state index in [0.29, 0.717) is 12.1 Å². The highest BCUT2D eigenvalue weighted by Crippen LogP contribution is 2.32. The van der Waals surface area contributed by atoms with Crippen LogP contribution in [0.1, 0.15) is 32.6 Å². The Morgan fingerprint density at radius 2 is 2.31 bits per heavy atom. The van der Waals surface area contributed by atoms with Gasteiger partial charge in [-0.25, -0.2) is 0 Å². The fourth-order valence-electron chi connectivity index (χ4n) is 2.64. The van der Waals surface area contributed by atoms with Crippen LogP contribution in [0.5, 0.6) is 0 Å². The third kappa shape index (κ3) is 1.44. The molecule has 13 heavy (non-hydrogen) atoms. The summed E-state index contributed by atoms with van der Waals surface area (Å²) in [6.07, 6.45) is 6.98. The first-order valence-electron chi connectivity index (χ1n) is 5.13. The Morgan fingerprint density at radius 3 is 3.00 bits per heavy atom. The molecule has 0 aromatic heterocycles. The lowest BCUT2D eigenvalue weighted by molar-refractivity contribution is -0.114. The van der Waals surface area contributed by atoms with Crippen LogP contribution in [0.4, 0.5) is 0 Å². The van der Waals surface area contributed by atoms with Crippen LogP contribution in [0.2, 0.25) is 0 Å². The molecule has 0 aromatic rings. The standard InChI is InChI=1S/C11H17NO/c1-8(13)10-7-6-9-4-3-5-11(10)12(9)2/h7,9,11H,3-6H2,1-2H3. The van der Waals surface area contributed by atoms with Crippen molar-refractivity contribution >= 4 is 5.78 Å². The molecular formula is C11H17NO. The quantitative estimate of drug-likeness (QED) is 0.611. The van der Waals surface area contributed by atoms with E-state index in [2.05, 4.69) is 18.0 Å². The molecule has 2 rings (SSSR count). The van der Waals surface area contributed by atoms with Crippen molar-refractivity contribution in [3.8, 4) is 0 Å². The maximum Gasteiger partial charge on any atom is 0.157 e. The molecule has 0 saturated carbocycles. The minimum Gasteiger partial charge on any atom is -0.296 e. The molecule has 0 aromatic carbocycles. The summed E-state index contributed by atoms with van der Waals surface area (Å²) < 4.78 is 0. The van der Waals surface area contributed by atoms with E-state index in [4.69, 9.17) is 0 Å². The van der Waals surface area contributed by atoms with Gasteiger partial charge in [-0.05, 0) is 39.7 Å². The summed E-state index contributed by atoms with van der Waals surface area (Å²) in [6, 6.07) is 1.12. The molecule has 0 radical (unpaired) electrons. The zero-order valence-electron chi connectivity index (χ0n) is 8.42. The molecule has 2 heteroatoms. The second-order valence-corrected chi connectivity index (χ2v) is 4.22. The van der Waals surface area contributed by atoms with Crippen molar-refractivity contribution in [1.29, 1.82) is 0 Å². The van der Waals surface area contributed by atoms with Gasteiger partial charge in [-0.1, -0.05) is 6.08 Å². The summed E-state index contributed by atoms with van der Waals surface area (Å²) >= 11 is 0. The second kappa shape index (κ2) is 3.26. The Morgan fingerprint density at radius 1 is 1.54 bits per heavy atom. The molecule has 0 N–H and O–H groups in total. The summed E-state index contributed by atoms with van der Waals surface area (Å²) in [5.74, 6) is 0.261. The van der Waals surface area contributed by atoms with Gasteiger partial charge in [-0.3, -0.25) is 9.69 Å². The molecule has 2 atom stereocenters. The largest absolute Gasteiger partial charge is 0.296 e. The Labute approximate surface area is 79.6 Å². The summed E-state index contributed by atoms with van der Waals surface area (Å²) in [6.45, 7) is 1.69. The monoisotopic (exact) mass is 179 g/mol. The van der Waals surface area contributed by atoms with E-state index in [1.165, 1.54) is 19.3 Å². The summed E-state index contributed by atoms with van der Waals surface area (Å²) in [5.41, 5.74) is 1.05. The van der Waals surface area contributed by atoms with E-state index in [-0.39, 0.29) is 5.78 Å². The summed E-state index contributed by atoms with van der Waals surface area (Å²) in [4.78, 5) is 13.7. The van der Waals surface area contributed by atoms with Gasteiger partial charge in [0.1, 0.15) is 0 Å². The molecule has 72 valence electrons. The van der Waals surface area contributed by atoms with Crippen LogP contribution in [0, 0.1) is 0 Å². The number of carbonyl (C=O) groups is 1. The lowest BCUT2D eigenvalue weighted by Gasteiger charge is -2.43. The third-order valence-corrected chi connectivity index (χ3v) is 3.46. The van der Waals surface area contributed by atoms with Crippen molar-refractivity contribution in [1.82, 2.24) is 4.90 Å². The molecular weight excluding hydrogens is 162 g/mol. The number of ketones is 1. The lowest BCUT2D eigenvalue weighted by atomic mass is 9.83. The van der Waals surface area contributed by atoms with Gasteiger partial charge in [-0.15, -0.1) is 0 Å². The minimum atomic E-state index is 0.261. The minimum absolute atomic E-state index is 0.261. The maximum atomic E-state index is 11.3. The number of piperidine rings is 1. The smallest absolute Gasteiger partial charge is 0.157 e. The maximum absolute atomic E-state index is 11.3. The zero-order chi connectivity index (χ0) is 9.42. The van der Waals surface area contributed by atoms with Crippen molar-refractivity contribution in [2.75, 3.05) is 7.05 Å². The van der Waals surface area contributed by atoms with Crippen LogP contribution < -0.4 is 0 Å². The molecule has 2 aliphatic rings. The first-order valence-corrected chi connectivity index (χ1v) is 5.13. The summed E-state index contributed by atoms with van der Waals surface area (Å²) in [7, 11) is 2.16. The number of fused-ring (bicyclic) bond motifs is 2. The van der Waals surface area contributed by atoms with Crippen LogP contribution in [0.3, 0.4) is 0 Å². The van der Waals surface area contributed by atoms with Crippen LogP contribution in [0.15, 0.2) is 11.6 Å². The number of carbonyl (C=O) groups excluding carboxylic acids is 1. The molecule has 2 nitrogen and oxygen atoms in total. The zero-order valence-corrected chi connectivity index (χ0v) is 8.42. The second-order valence-electron chi connectivity index (χ2n) is 4.22. The van der Waals surface area contributed by atoms with Gasteiger partial charge >= 0.3 is 0 Å². The highest BCUT2D eigenvalue weighted by molar-refractivity contribution is 5.94. The molecule has 0 amide bonds. The SMILES string of the molecule is CC(=O)C1=CCC2CCCC1N2C. The Bertz CT molecular complexity index is 257. The predicted octanol–water partition coefficient (Wildman–Crippen LogP) is 1.76. The van der Waals surface area contributed by atoms with Crippen molar-refractivity contribution in [3.63, 3.8) is 0 Å². The summed E-state index contributed by atoms with van der Waals surface area (Å²) in [5, 5.41) is 0. The highest BCUT2D eigenvalue weighted by atomic mass is 16.1. The van der Waals surface area contributed by atoms with Crippen LogP contribution in [0.25, 0.3) is 0 Å². The number of hydrogen-bond donors (Lipinski definition) is 0. The fourth-order valence-corrected chi connectivity index (χ4v) is 2.64. The number of nitrogens with zero attached hydrogens (tertiary/aromatic N) is 1. The molecule has 0 spiro atoms. The molecule has 2 aliphatic heterocycles. The molecule has 1 fully saturated rings. The van der Waals surface area contributed by atoms with Gasteiger partial charge in [0.2, 0.25) is 0 Å². The third-order valence-electron chi connectivity index (χ3n) is 3.46. The van der Waals surface area contributed by atoms with Gasteiger partial charge in [0, 0.05) is 17.7 Å². The van der Waals surface area contributed by atoms with E-state index in [9.17, 15) is 4.79 Å². The first-order chi connectivity index (χ1) is 6.20. The molecule has 2 heterocycles. The number of Topliss-reactive ketones (excluding diaryl/α,β-unsaturated/α-hetero) is 1. The van der Waals surface area contributed by atoms with Gasteiger partial charge in [0.25, 0.3) is 0 Å². The molecule has 2 unspecified atom stereocenters. The Kier molecular flexibility index (Phi) is 2.24. The number of rotatable bonds is 1. The topological polar surface area (TPSA) is 20.3 Å². The molecule has 1 saturated heterocycles. The molecule has 0 aliphatic carbocycles. The van der Waals surface area contributed by atoms with Crippen LogP contribution in [-0.4, -0.2) is 29.8 Å². The van der Waals surface area contributed by atoms with Gasteiger partial charge in [0.05, 0.1) is 0 Å². The van der Waals surface area contributed by atoms with E-state index < -0.39 is 0 Å². The van der Waals surface area contributed by atoms with Gasteiger partial charge in [-0.2, -0.15) is 0 Å². The highest BCUT2D eigenvalue weighted by Gasteiger charge is 2.33. The van der Waals surface area contributed by atoms with Crippen LogP contribution >= 0.6 is 0 Å². The van der Waals surface area contributed by atoms with E-state index in [0.717, 1.165) is 12.0 Å². The lowest BCUT2D eigenvalue weighted by Crippen LogP contribution is -2.48. The van der Waals surface area contributed by atoms with Crippen molar-refractivity contribution in [3.05, 3.63) is 11.6 Å². The predicted molar refractivity (Wildman–Crippen MR) is 52.6 cm³/mol. The van der Waals surface area contributed by atoms with E-state index in [1.54, 1.807) is 6.92 Å². The van der Waals surface area contributed by atoms with Gasteiger partial charge < -0.3 is 0 Å². The first kappa shape index (κ1) is 8.95. The van der Waals surface area contributed by atoms with Crippen molar-refractivity contribution in [2.24, 2.45) is 0 Å². The normalized spacial score (nSPS) is 34.2. The van der Waals surface area contributed by atoms with Gasteiger partial charge in [0.15, 0.2) is 5.78 Å². The Hall–Kier alpha value is -0.630.